The van der Waals surface area contributed by atoms with E-state index >= 15 is 0 Å². The van der Waals surface area contributed by atoms with Gasteiger partial charge in [-0.25, -0.2) is 13.8 Å². The summed E-state index contributed by atoms with van der Waals surface area (Å²) in [5, 5.41) is 2.50. The highest BCUT2D eigenvalue weighted by Gasteiger charge is 2.24. The van der Waals surface area contributed by atoms with E-state index in [0.29, 0.717) is 25.3 Å². The van der Waals surface area contributed by atoms with E-state index in [1.807, 2.05) is 0 Å². The number of ether oxygens (including phenoxy) is 2. The molecule has 0 saturated carbocycles. The van der Waals surface area contributed by atoms with Crippen LogP contribution in [0.25, 0.3) is 11.5 Å². The van der Waals surface area contributed by atoms with Gasteiger partial charge in [0.2, 0.25) is 11.8 Å². The zero-order valence-electron chi connectivity index (χ0n) is 22.2. The predicted octanol–water partition coefficient (Wildman–Crippen LogP) is 4.81. The zero-order chi connectivity index (χ0) is 29.4. The van der Waals surface area contributed by atoms with Crippen molar-refractivity contribution in [3.8, 4) is 23.0 Å². The highest BCUT2D eigenvalue weighted by atomic mass is 19.3. The molecule has 0 aliphatic heterocycles. The van der Waals surface area contributed by atoms with Gasteiger partial charge in [0, 0.05) is 44.3 Å². The van der Waals surface area contributed by atoms with Crippen molar-refractivity contribution in [3.63, 3.8) is 0 Å². The average molecular weight is 567 g/mol. The number of rotatable bonds is 13. The molecule has 1 heterocycles. The number of oxazole rings is 1. The van der Waals surface area contributed by atoms with Gasteiger partial charge in [-0.05, 0) is 44.0 Å². The first-order valence-electron chi connectivity index (χ1n) is 12.4. The van der Waals surface area contributed by atoms with Crippen molar-refractivity contribution >= 4 is 11.8 Å². The molecule has 2 aromatic carbocycles. The molecule has 13 heteroatoms. The Kier molecular flexibility index (Phi) is 10.5. The Morgan fingerprint density at radius 1 is 1.10 bits per heavy atom. The Labute approximate surface area is 228 Å². The number of nitrogens with two attached hydrogens (primary N) is 1. The van der Waals surface area contributed by atoms with Crippen molar-refractivity contribution < 1.29 is 41.0 Å². The molecule has 0 fully saturated rings. The second kappa shape index (κ2) is 13.8. The van der Waals surface area contributed by atoms with E-state index in [-0.39, 0.29) is 59.0 Å². The summed E-state index contributed by atoms with van der Waals surface area (Å²) in [7, 11) is 3.30. The maximum absolute atomic E-state index is 14.0. The van der Waals surface area contributed by atoms with Gasteiger partial charge >= 0.3 is 6.61 Å². The lowest BCUT2D eigenvalue weighted by Crippen LogP contribution is -2.25. The SMILES string of the molecule is CC(N)c1oc(-c2ccc(OC(F)F)c(OCCCCC(=O)N(C)C)c2)nc1C(=O)NCc1ccc(F)cc1F. The molecule has 3 aromatic rings. The molecule has 3 N–H and O–H groups in total. The van der Waals surface area contributed by atoms with E-state index in [1.54, 1.807) is 21.0 Å². The lowest BCUT2D eigenvalue weighted by Gasteiger charge is -2.13. The van der Waals surface area contributed by atoms with E-state index in [9.17, 15) is 27.2 Å². The summed E-state index contributed by atoms with van der Waals surface area (Å²) in [6, 6.07) is 6.23. The largest absolute Gasteiger partial charge is 0.490 e. The van der Waals surface area contributed by atoms with Crippen LogP contribution in [0, 0.1) is 11.6 Å². The normalized spacial score (nSPS) is 11.8. The molecule has 1 unspecified atom stereocenters. The Bertz CT molecular complexity index is 1330. The van der Waals surface area contributed by atoms with Crippen LogP contribution in [0.4, 0.5) is 17.6 Å². The lowest BCUT2D eigenvalue weighted by molar-refractivity contribution is -0.128. The first kappa shape index (κ1) is 30.4. The number of hydrogen-bond acceptors (Lipinski definition) is 7. The van der Waals surface area contributed by atoms with Gasteiger partial charge in [-0.15, -0.1) is 0 Å². The first-order valence-corrected chi connectivity index (χ1v) is 12.4. The molecule has 9 nitrogen and oxygen atoms in total. The molecule has 0 aliphatic rings. The molecule has 0 aliphatic carbocycles. The number of benzene rings is 2. The molecule has 0 saturated heterocycles. The maximum atomic E-state index is 14.0. The molecular formula is C27H30F4N4O5. The number of nitrogens with one attached hydrogen (secondary N) is 1. The Morgan fingerprint density at radius 3 is 2.50 bits per heavy atom. The summed E-state index contributed by atoms with van der Waals surface area (Å²) in [6.45, 7) is -1.66. The number of amides is 2. The molecule has 1 atom stereocenters. The number of carbonyl (C=O) groups is 2. The first-order chi connectivity index (χ1) is 19.0. The monoisotopic (exact) mass is 566 g/mol. The van der Waals surface area contributed by atoms with Crippen LogP contribution in [0.15, 0.2) is 40.8 Å². The fraction of sp³-hybridized carbons (Fsp3) is 0.370. The van der Waals surface area contributed by atoms with Gasteiger partial charge in [0.05, 0.1) is 12.6 Å². The van der Waals surface area contributed by atoms with E-state index in [4.69, 9.17) is 14.9 Å². The summed E-state index contributed by atoms with van der Waals surface area (Å²) in [5.74, 6) is -2.58. The topological polar surface area (TPSA) is 120 Å². The molecule has 40 heavy (non-hydrogen) atoms. The fourth-order valence-electron chi connectivity index (χ4n) is 3.58. The molecule has 2 amide bonds. The van der Waals surface area contributed by atoms with Crippen LogP contribution in [0.2, 0.25) is 0 Å². The van der Waals surface area contributed by atoms with Crippen molar-refractivity contribution in [2.24, 2.45) is 5.73 Å². The summed E-state index contributed by atoms with van der Waals surface area (Å²) in [5.41, 5.74) is 6.15. The second-order valence-corrected chi connectivity index (χ2v) is 9.07. The molecule has 0 radical (unpaired) electrons. The fourth-order valence-corrected chi connectivity index (χ4v) is 3.58. The number of alkyl halides is 2. The van der Waals surface area contributed by atoms with Crippen LogP contribution >= 0.6 is 0 Å². The third-order valence-corrected chi connectivity index (χ3v) is 5.68. The van der Waals surface area contributed by atoms with Crippen molar-refractivity contribution in [2.75, 3.05) is 20.7 Å². The zero-order valence-corrected chi connectivity index (χ0v) is 22.2. The number of unbranched alkanes of at least 4 members (excludes halogenated alkanes) is 1. The van der Waals surface area contributed by atoms with Gasteiger partial charge in [0.1, 0.15) is 11.6 Å². The third-order valence-electron chi connectivity index (χ3n) is 5.68. The second-order valence-electron chi connectivity index (χ2n) is 9.07. The summed E-state index contributed by atoms with van der Waals surface area (Å²) >= 11 is 0. The van der Waals surface area contributed by atoms with Gasteiger partial charge in [-0.2, -0.15) is 8.78 Å². The van der Waals surface area contributed by atoms with Gasteiger partial charge in [0.15, 0.2) is 23.0 Å². The van der Waals surface area contributed by atoms with Crippen LogP contribution in [-0.2, 0) is 11.3 Å². The predicted molar refractivity (Wildman–Crippen MR) is 137 cm³/mol. The van der Waals surface area contributed by atoms with Crippen molar-refractivity contribution in [1.82, 2.24) is 15.2 Å². The van der Waals surface area contributed by atoms with Crippen LogP contribution < -0.4 is 20.5 Å². The smallest absolute Gasteiger partial charge is 0.387 e. The molecule has 0 bridgehead atoms. The number of halogens is 4. The standard InChI is InChI=1S/C27H30F4N4O5/c1-15(32)24-23(25(37)33-14-17-7-9-18(28)13-19(17)29)34-26(40-24)16-8-10-20(39-27(30)31)21(12-16)38-11-5-4-6-22(36)35(2)3/h7-10,12-13,15,27H,4-6,11,14,32H2,1-3H3,(H,33,37). The minimum atomic E-state index is -3.10. The summed E-state index contributed by atoms with van der Waals surface area (Å²) in [4.78, 5) is 30.3. The van der Waals surface area contributed by atoms with Crippen LogP contribution in [0.3, 0.4) is 0 Å². The maximum Gasteiger partial charge on any atom is 0.387 e. The Balaban J connectivity index is 1.79. The van der Waals surface area contributed by atoms with Crippen molar-refractivity contribution in [3.05, 3.63) is 65.1 Å². The molecule has 3 rings (SSSR count). The minimum Gasteiger partial charge on any atom is -0.490 e. The van der Waals surface area contributed by atoms with Crippen LogP contribution in [0.1, 0.15) is 54.0 Å². The number of carbonyl (C=O) groups excluding carboxylic acids is 2. The lowest BCUT2D eigenvalue weighted by atomic mass is 10.2. The Morgan fingerprint density at radius 2 is 1.85 bits per heavy atom. The summed E-state index contributed by atoms with van der Waals surface area (Å²) < 4.78 is 69.0. The number of hydrogen-bond donors (Lipinski definition) is 2. The summed E-state index contributed by atoms with van der Waals surface area (Å²) in [6.07, 6.45) is 1.32. The molecule has 0 spiro atoms. The van der Waals surface area contributed by atoms with Crippen molar-refractivity contribution in [1.29, 1.82) is 0 Å². The quantitative estimate of drug-likeness (QED) is 0.225. The molecular weight excluding hydrogens is 536 g/mol. The van der Waals surface area contributed by atoms with E-state index < -0.39 is 30.2 Å². The molecule has 1 aromatic heterocycles. The number of nitrogens with zero attached hydrogens (tertiary/aromatic N) is 2. The highest BCUT2D eigenvalue weighted by molar-refractivity contribution is 5.94. The van der Waals surface area contributed by atoms with Gasteiger partial charge in [0.25, 0.3) is 5.91 Å². The highest BCUT2D eigenvalue weighted by Crippen LogP contribution is 2.35. The van der Waals surface area contributed by atoms with Gasteiger partial charge in [-0.3, -0.25) is 9.59 Å². The van der Waals surface area contributed by atoms with Crippen LogP contribution in [0.5, 0.6) is 11.5 Å². The van der Waals surface area contributed by atoms with E-state index in [1.165, 1.54) is 29.2 Å². The van der Waals surface area contributed by atoms with Gasteiger partial charge < -0.3 is 29.8 Å². The average Bonchev–Trinajstić information content (AvgIpc) is 3.34. The van der Waals surface area contributed by atoms with Gasteiger partial charge in [-0.1, -0.05) is 6.07 Å². The van der Waals surface area contributed by atoms with Crippen LogP contribution in [-0.4, -0.2) is 49.0 Å². The Hall–Kier alpha value is -4.13. The molecule has 216 valence electrons. The number of aromatic nitrogens is 1. The van der Waals surface area contributed by atoms with Crippen molar-refractivity contribution in [2.45, 2.75) is 45.4 Å². The minimum absolute atomic E-state index is 0.0185. The third kappa shape index (κ3) is 8.18. The van der Waals surface area contributed by atoms with E-state index in [0.717, 1.165) is 6.07 Å². The van der Waals surface area contributed by atoms with E-state index in [2.05, 4.69) is 15.0 Å².